The molecule has 5 rings (SSSR count). The molecule has 1 amide bonds. The number of aromatic nitrogens is 2. The number of hydrogen-bond acceptors (Lipinski definition) is 5. The third-order valence-corrected chi connectivity index (χ3v) is 6.44. The van der Waals surface area contributed by atoms with Gasteiger partial charge in [-0.2, -0.15) is 5.10 Å². The number of aromatic carboxylic acids is 1. The molecule has 0 saturated heterocycles. The average Bonchev–Trinajstić information content (AvgIpc) is 3.46. The second-order valence-electron chi connectivity index (χ2n) is 8.54. The number of phenols is 1. The zero-order valence-electron chi connectivity index (χ0n) is 19.7. The van der Waals surface area contributed by atoms with E-state index in [1.165, 1.54) is 21.8 Å². The van der Waals surface area contributed by atoms with Crippen LogP contribution < -0.4 is 4.90 Å². The van der Waals surface area contributed by atoms with Crippen LogP contribution in [0.1, 0.15) is 40.0 Å². The molecule has 4 aromatic rings. The van der Waals surface area contributed by atoms with Gasteiger partial charge < -0.3 is 14.9 Å². The van der Waals surface area contributed by atoms with E-state index < -0.39 is 12.1 Å². The zero-order valence-corrected chi connectivity index (χ0v) is 19.7. The number of hydrogen-bond donors (Lipinski definition) is 2. The van der Waals surface area contributed by atoms with E-state index in [4.69, 9.17) is 4.74 Å². The van der Waals surface area contributed by atoms with Gasteiger partial charge >= 0.3 is 12.1 Å². The van der Waals surface area contributed by atoms with Gasteiger partial charge in [0.1, 0.15) is 18.0 Å². The van der Waals surface area contributed by atoms with Crippen LogP contribution in [0, 0.1) is 0 Å². The highest BCUT2D eigenvalue weighted by molar-refractivity contribution is 5.98. The molecular formula is C28H25N3O5. The molecular weight excluding hydrogens is 458 g/mol. The quantitative estimate of drug-likeness (QED) is 0.371. The van der Waals surface area contributed by atoms with Crippen LogP contribution in [0.25, 0.3) is 11.1 Å². The molecule has 1 aliphatic carbocycles. The summed E-state index contributed by atoms with van der Waals surface area (Å²) in [5.41, 5.74) is 4.65. The minimum absolute atomic E-state index is 0.00583. The van der Waals surface area contributed by atoms with E-state index in [0.717, 1.165) is 22.3 Å². The van der Waals surface area contributed by atoms with Gasteiger partial charge in [0.15, 0.2) is 5.69 Å². The number of rotatable bonds is 7. The molecule has 0 aliphatic heterocycles. The van der Waals surface area contributed by atoms with Gasteiger partial charge in [0, 0.05) is 24.2 Å². The van der Waals surface area contributed by atoms with E-state index in [0.29, 0.717) is 12.1 Å². The number of fused-ring (bicyclic) bond motifs is 3. The number of carboxylic acids is 1. The SMILES string of the molecule is CCn1cc(N(Cc2ccccc2O)C(=O)OCC2c3ccccc3-c3ccccc32)c(C(=O)O)n1. The van der Waals surface area contributed by atoms with Gasteiger partial charge in [0.25, 0.3) is 0 Å². The lowest BCUT2D eigenvalue weighted by Gasteiger charge is -2.23. The normalized spacial score (nSPS) is 12.1. The van der Waals surface area contributed by atoms with Crippen LogP contribution in [0.2, 0.25) is 0 Å². The molecule has 1 aromatic heterocycles. The summed E-state index contributed by atoms with van der Waals surface area (Å²) in [4.78, 5) is 26.7. The Hall–Kier alpha value is -4.59. The minimum atomic E-state index is -1.26. The lowest BCUT2D eigenvalue weighted by molar-refractivity contribution is 0.0690. The number of benzene rings is 3. The predicted molar refractivity (Wildman–Crippen MR) is 134 cm³/mol. The summed E-state index contributed by atoms with van der Waals surface area (Å²) in [5, 5.41) is 24.2. The highest BCUT2D eigenvalue weighted by Crippen LogP contribution is 2.44. The number of carbonyl (C=O) groups is 2. The summed E-state index contributed by atoms with van der Waals surface area (Å²) in [6, 6.07) is 22.6. The van der Waals surface area contributed by atoms with Gasteiger partial charge in [-0.25, -0.2) is 9.59 Å². The molecule has 2 N–H and O–H groups in total. The van der Waals surface area contributed by atoms with Crippen LogP contribution in [-0.4, -0.2) is 38.7 Å². The Bertz CT molecular complexity index is 1400. The van der Waals surface area contributed by atoms with E-state index in [-0.39, 0.29) is 36.2 Å². The average molecular weight is 484 g/mol. The van der Waals surface area contributed by atoms with Gasteiger partial charge in [0.2, 0.25) is 0 Å². The van der Waals surface area contributed by atoms with Crippen LogP contribution in [0.15, 0.2) is 79.0 Å². The first-order chi connectivity index (χ1) is 17.5. The Morgan fingerprint density at radius 2 is 1.58 bits per heavy atom. The molecule has 0 atom stereocenters. The van der Waals surface area contributed by atoms with Crippen LogP contribution in [-0.2, 0) is 17.8 Å². The lowest BCUT2D eigenvalue weighted by Crippen LogP contribution is -2.33. The summed E-state index contributed by atoms with van der Waals surface area (Å²) in [6.45, 7) is 2.24. The number of aryl methyl sites for hydroxylation is 1. The Balaban J connectivity index is 1.47. The highest BCUT2D eigenvalue weighted by Gasteiger charge is 2.32. The molecule has 36 heavy (non-hydrogen) atoms. The monoisotopic (exact) mass is 483 g/mol. The molecule has 1 aliphatic rings. The Kier molecular flexibility index (Phi) is 6.16. The maximum absolute atomic E-state index is 13.5. The number of aromatic hydroxyl groups is 1. The highest BCUT2D eigenvalue weighted by atomic mass is 16.6. The molecule has 0 unspecified atom stereocenters. The fourth-order valence-electron chi connectivity index (χ4n) is 4.66. The number of carbonyl (C=O) groups excluding carboxylic acids is 1. The van der Waals surface area contributed by atoms with Crippen LogP contribution in [0.3, 0.4) is 0 Å². The van der Waals surface area contributed by atoms with Crippen LogP contribution in [0.4, 0.5) is 10.5 Å². The molecule has 0 fully saturated rings. The molecule has 1 heterocycles. The number of ether oxygens (including phenoxy) is 1. The van der Waals surface area contributed by atoms with Crippen molar-refractivity contribution in [2.24, 2.45) is 0 Å². The van der Waals surface area contributed by atoms with Gasteiger partial charge in [-0.3, -0.25) is 9.58 Å². The van der Waals surface area contributed by atoms with E-state index in [1.807, 2.05) is 43.3 Å². The Labute approximate surface area is 208 Å². The molecule has 0 bridgehead atoms. The lowest BCUT2D eigenvalue weighted by atomic mass is 9.98. The smallest absolute Gasteiger partial charge is 0.414 e. The van der Waals surface area contributed by atoms with Gasteiger partial charge in [0.05, 0.1) is 6.54 Å². The first kappa shape index (κ1) is 23.2. The predicted octanol–water partition coefficient (Wildman–Crippen LogP) is 5.26. The summed E-state index contributed by atoms with van der Waals surface area (Å²) in [7, 11) is 0. The summed E-state index contributed by atoms with van der Waals surface area (Å²) in [5.74, 6) is -1.41. The third kappa shape index (κ3) is 4.17. The molecule has 3 aromatic carbocycles. The largest absolute Gasteiger partial charge is 0.508 e. The molecule has 0 saturated carbocycles. The van der Waals surface area contributed by atoms with Crippen molar-refractivity contribution in [3.8, 4) is 16.9 Å². The third-order valence-electron chi connectivity index (χ3n) is 6.44. The standard InChI is InChI=1S/C28H25N3O5/c1-2-30-16-24(26(29-30)27(33)34)31(15-18-9-3-8-14-25(18)32)28(35)36-17-23-21-12-6-4-10-19(21)20-11-5-7-13-22(20)23/h3-14,16,23,32H,2,15,17H2,1H3,(H,33,34). The van der Waals surface area contributed by atoms with E-state index in [2.05, 4.69) is 17.2 Å². The molecule has 0 spiro atoms. The fraction of sp³-hybridized carbons (Fsp3) is 0.179. The Morgan fingerprint density at radius 3 is 2.19 bits per heavy atom. The van der Waals surface area contributed by atoms with E-state index in [9.17, 15) is 19.8 Å². The first-order valence-corrected chi connectivity index (χ1v) is 11.7. The maximum Gasteiger partial charge on any atom is 0.414 e. The first-order valence-electron chi connectivity index (χ1n) is 11.7. The van der Waals surface area contributed by atoms with E-state index >= 15 is 0 Å². The maximum atomic E-state index is 13.5. The number of para-hydroxylation sites is 1. The number of anilines is 1. The summed E-state index contributed by atoms with van der Waals surface area (Å²) >= 11 is 0. The van der Waals surface area contributed by atoms with Crippen molar-refractivity contribution in [3.05, 3.63) is 101 Å². The van der Waals surface area contributed by atoms with Gasteiger partial charge in [-0.05, 0) is 35.2 Å². The van der Waals surface area contributed by atoms with Crippen molar-refractivity contribution in [2.75, 3.05) is 11.5 Å². The zero-order chi connectivity index (χ0) is 25.2. The summed E-state index contributed by atoms with van der Waals surface area (Å²) < 4.78 is 7.27. The van der Waals surface area contributed by atoms with Crippen LogP contribution >= 0.6 is 0 Å². The van der Waals surface area contributed by atoms with Crippen molar-refractivity contribution >= 4 is 17.7 Å². The molecule has 0 radical (unpaired) electrons. The molecule has 8 nitrogen and oxygen atoms in total. The van der Waals surface area contributed by atoms with Gasteiger partial charge in [-0.1, -0.05) is 66.7 Å². The number of phenolic OH excluding ortho intramolecular Hbond substituents is 1. The van der Waals surface area contributed by atoms with E-state index in [1.54, 1.807) is 18.2 Å². The fourth-order valence-corrected chi connectivity index (χ4v) is 4.66. The number of carboxylic acid groups (broad SMARTS) is 1. The molecule has 8 heteroatoms. The Morgan fingerprint density at radius 1 is 0.972 bits per heavy atom. The second-order valence-corrected chi connectivity index (χ2v) is 8.54. The molecule has 182 valence electrons. The van der Waals surface area contributed by atoms with Crippen molar-refractivity contribution in [1.82, 2.24) is 9.78 Å². The van der Waals surface area contributed by atoms with Crippen molar-refractivity contribution in [1.29, 1.82) is 0 Å². The second kappa shape index (κ2) is 9.58. The van der Waals surface area contributed by atoms with Crippen molar-refractivity contribution in [3.63, 3.8) is 0 Å². The van der Waals surface area contributed by atoms with Crippen molar-refractivity contribution in [2.45, 2.75) is 25.9 Å². The number of nitrogens with zero attached hydrogens (tertiary/aromatic N) is 3. The van der Waals surface area contributed by atoms with Gasteiger partial charge in [-0.15, -0.1) is 0 Å². The summed E-state index contributed by atoms with van der Waals surface area (Å²) in [6.07, 6.45) is 0.781. The minimum Gasteiger partial charge on any atom is -0.508 e. The van der Waals surface area contributed by atoms with Crippen molar-refractivity contribution < 1.29 is 24.5 Å². The number of amides is 1. The topological polar surface area (TPSA) is 105 Å². The van der Waals surface area contributed by atoms with Crippen LogP contribution in [0.5, 0.6) is 5.75 Å².